The minimum absolute atomic E-state index is 0.0336. The third-order valence-corrected chi connectivity index (χ3v) is 8.48. The van der Waals surface area contributed by atoms with Gasteiger partial charge in [-0.05, 0) is 63.5 Å². The van der Waals surface area contributed by atoms with Crippen LogP contribution < -0.4 is 0 Å². The molecule has 0 aromatic heterocycles. The number of rotatable bonds is 5. The van der Waals surface area contributed by atoms with Gasteiger partial charge >= 0.3 is 16.4 Å². The Kier molecular flexibility index (Phi) is 19.4. The summed E-state index contributed by atoms with van der Waals surface area (Å²) in [5.41, 5.74) is 0.794. The van der Waals surface area contributed by atoms with Crippen LogP contribution in [-0.4, -0.2) is 72.2 Å². The third-order valence-electron chi connectivity index (χ3n) is 7.99. The number of carbonyl (C=O) groups is 3. The maximum Gasteiger partial charge on any atom is 0.397 e. The van der Waals surface area contributed by atoms with Gasteiger partial charge in [-0.25, -0.2) is 8.98 Å². The van der Waals surface area contributed by atoms with Gasteiger partial charge in [-0.3, -0.25) is 14.1 Å². The molecule has 1 aliphatic rings. The Hall–Kier alpha value is -3.16. The Morgan fingerprint density at radius 3 is 2.23 bits per heavy atom. The summed E-state index contributed by atoms with van der Waals surface area (Å²) < 4.78 is 47.8. The summed E-state index contributed by atoms with van der Waals surface area (Å²) in [6.45, 7) is 11.0. The first-order valence-electron chi connectivity index (χ1n) is 16.4. The number of hydrogen-bond acceptors (Lipinski definition) is 10. The average molecular weight is 695 g/mol. The van der Waals surface area contributed by atoms with Crippen molar-refractivity contribution in [1.29, 1.82) is 0 Å². The van der Waals surface area contributed by atoms with Crippen molar-refractivity contribution in [2.45, 2.75) is 104 Å². The molecule has 7 atom stereocenters. The zero-order chi connectivity index (χ0) is 36.4. The van der Waals surface area contributed by atoms with Gasteiger partial charge in [0.15, 0.2) is 11.6 Å². The van der Waals surface area contributed by atoms with Crippen molar-refractivity contribution in [3.8, 4) is 0 Å². The average Bonchev–Trinajstić information content (AvgIpc) is 3.01. The van der Waals surface area contributed by atoms with Gasteiger partial charge in [-0.15, -0.1) is 0 Å². The quantitative estimate of drug-likeness (QED) is 0.243. The number of ether oxygens (including phenoxy) is 2. The van der Waals surface area contributed by atoms with Crippen molar-refractivity contribution in [2.24, 2.45) is 23.7 Å². The molecule has 270 valence electrons. The second-order valence-electron chi connectivity index (χ2n) is 12.7. The van der Waals surface area contributed by atoms with E-state index in [4.69, 9.17) is 9.47 Å². The molecule has 0 bridgehead atoms. The van der Waals surface area contributed by atoms with Gasteiger partial charge in [-0.2, -0.15) is 8.42 Å². The number of allylic oxidation sites excluding steroid dienone is 10. The molecule has 0 fully saturated rings. The van der Waals surface area contributed by atoms with Crippen LogP contribution in [0.2, 0.25) is 0 Å². The highest BCUT2D eigenvalue weighted by atomic mass is 32.3. The largest absolute Gasteiger partial charge is 0.490 e. The second kappa shape index (κ2) is 21.7. The van der Waals surface area contributed by atoms with Gasteiger partial charge in [0.25, 0.3) is 0 Å². The topological polar surface area (TPSA) is 174 Å². The molecule has 11 nitrogen and oxygen atoms in total. The monoisotopic (exact) mass is 694 g/mol. The van der Waals surface area contributed by atoms with Gasteiger partial charge in [0.2, 0.25) is 5.76 Å². The zero-order valence-electron chi connectivity index (χ0n) is 29.2. The van der Waals surface area contributed by atoms with Crippen molar-refractivity contribution in [1.82, 2.24) is 0 Å². The number of esters is 1. The van der Waals surface area contributed by atoms with Crippen LogP contribution >= 0.6 is 0 Å². The SMILES string of the molecule is COC1=CC=CC=CC=CCCCC(OS(=O)(=O)O)C(O)C(=O)C(C)C(O)CCC(C)C(=O)C=CC(C)=CC(C)C(CC(C)C)OC1=O. The highest BCUT2D eigenvalue weighted by Crippen LogP contribution is 2.23. The van der Waals surface area contributed by atoms with Gasteiger partial charge in [0, 0.05) is 17.8 Å². The van der Waals surface area contributed by atoms with Crippen molar-refractivity contribution in [3.05, 3.63) is 72.1 Å². The van der Waals surface area contributed by atoms with E-state index >= 15 is 0 Å². The van der Waals surface area contributed by atoms with E-state index in [1.165, 1.54) is 26.2 Å². The Labute approximate surface area is 286 Å². The summed E-state index contributed by atoms with van der Waals surface area (Å²) in [4.78, 5) is 38.8. The fourth-order valence-electron chi connectivity index (χ4n) is 5.02. The Bertz CT molecular complexity index is 1340. The lowest BCUT2D eigenvalue weighted by molar-refractivity contribution is -0.150. The van der Waals surface area contributed by atoms with Crippen molar-refractivity contribution in [2.75, 3.05) is 7.11 Å². The Balaban J connectivity index is 3.33. The molecule has 0 aliphatic carbocycles. The number of ketones is 2. The van der Waals surface area contributed by atoms with Crippen LogP contribution in [0.15, 0.2) is 72.1 Å². The highest BCUT2D eigenvalue weighted by molar-refractivity contribution is 7.80. The first-order chi connectivity index (χ1) is 22.5. The number of aliphatic hydroxyl groups excluding tert-OH is 2. The standard InChI is InChI=1S/C36H54O11S/c1-24(2)22-33-27(5)23-25(3)18-20-29(37)26(4)19-21-30(38)28(6)34(39)35(40)31(47-48(42,43)44)16-14-12-10-8-9-11-13-15-17-32(45-7)36(41)46-33/h8-11,13,15,17-18,20,23-24,26-28,30-31,33,35,38,40H,12,14,16,19,21-22H2,1-7H3,(H,42,43,44). The van der Waals surface area contributed by atoms with E-state index in [1.807, 2.05) is 33.8 Å². The maximum atomic E-state index is 13.0. The predicted molar refractivity (Wildman–Crippen MR) is 184 cm³/mol. The molecule has 12 heteroatoms. The van der Waals surface area contributed by atoms with Crippen LogP contribution in [0.5, 0.6) is 0 Å². The minimum atomic E-state index is -4.98. The molecule has 1 heterocycles. The predicted octanol–water partition coefficient (Wildman–Crippen LogP) is 5.57. The van der Waals surface area contributed by atoms with E-state index in [0.29, 0.717) is 19.3 Å². The van der Waals surface area contributed by atoms with Gasteiger partial charge in [0.1, 0.15) is 18.3 Å². The third kappa shape index (κ3) is 16.8. The summed E-state index contributed by atoms with van der Waals surface area (Å²) in [6.07, 6.45) is 13.3. The molecular formula is C36H54O11S. The van der Waals surface area contributed by atoms with E-state index in [-0.39, 0.29) is 42.6 Å². The van der Waals surface area contributed by atoms with Gasteiger partial charge in [0.05, 0.1) is 13.2 Å². The fraction of sp³-hybridized carbons (Fsp3) is 0.583. The molecule has 0 aromatic rings. The first-order valence-corrected chi connectivity index (χ1v) is 17.7. The Morgan fingerprint density at radius 2 is 1.60 bits per heavy atom. The van der Waals surface area contributed by atoms with Crippen LogP contribution in [0.25, 0.3) is 0 Å². The lowest BCUT2D eigenvalue weighted by atomic mass is 9.88. The van der Waals surface area contributed by atoms with Gasteiger partial charge < -0.3 is 19.7 Å². The van der Waals surface area contributed by atoms with Crippen molar-refractivity contribution < 1.29 is 51.2 Å². The summed E-state index contributed by atoms with van der Waals surface area (Å²) in [6, 6.07) is 0. The van der Waals surface area contributed by atoms with Gasteiger partial charge in [-0.1, -0.05) is 88.8 Å². The summed E-state index contributed by atoms with van der Waals surface area (Å²) in [5, 5.41) is 21.4. The molecule has 1 aliphatic heterocycles. The number of aliphatic hydroxyl groups is 2. The van der Waals surface area contributed by atoms with Crippen LogP contribution in [0.3, 0.4) is 0 Å². The minimum Gasteiger partial charge on any atom is -0.490 e. The van der Waals surface area contributed by atoms with Crippen molar-refractivity contribution >= 4 is 27.9 Å². The zero-order valence-corrected chi connectivity index (χ0v) is 30.0. The summed E-state index contributed by atoms with van der Waals surface area (Å²) in [5.74, 6) is -3.08. The molecular weight excluding hydrogens is 640 g/mol. The van der Waals surface area contributed by atoms with E-state index in [1.54, 1.807) is 49.5 Å². The molecule has 0 spiro atoms. The van der Waals surface area contributed by atoms with E-state index in [9.17, 15) is 37.6 Å². The molecule has 3 N–H and O–H groups in total. The first kappa shape index (κ1) is 42.9. The van der Waals surface area contributed by atoms with Crippen LogP contribution in [0.1, 0.15) is 80.1 Å². The van der Waals surface area contributed by atoms with Crippen LogP contribution in [0, 0.1) is 23.7 Å². The van der Waals surface area contributed by atoms with E-state index < -0.39 is 58.4 Å². The fourth-order valence-corrected chi connectivity index (χ4v) is 5.54. The Morgan fingerprint density at radius 1 is 0.958 bits per heavy atom. The summed E-state index contributed by atoms with van der Waals surface area (Å²) in [7, 11) is -3.59. The lowest BCUT2D eigenvalue weighted by Crippen LogP contribution is -2.43. The van der Waals surface area contributed by atoms with Crippen molar-refractivity contribution in [3.63, 3.8) is 0 Å². The number of Topliss-reactive ketones (excluding diaryl/α,β-unsaturated/α-hetero) is 1. The highest BCUT2D eigenvalue weighted by Gasteiger charge is 2.35. The number of methoxy groups -OCH3 is 1. The molecule has 48 heavy (non-hydrogen) atoms. The molecule has 0 saturated heterocycles. The van der Waals surface area contributed by atoms with E-state index in [2.05, 4.69) is 4.18 Å². The summed E-state index contributed by atoms with van der Waals surface area (Å²) >= 11 is 0. The molecule has 0 amide bonds. The number of hydrogen-bond donors (Lipinski definition) is 3. The molecule has 0 aromatic carbocycles. The lowest BCUT2D eigenvalue weighted by Gasteiger charge is -2.25. The molecule has 0 radical (unpaired) electrons. The second-order valence-corrected chi connectivity index (χ2v) is 13.7. The molecule has 7 unspecified atom stereocenters. The van der Waals surface area contributed by atoms with Crippen LogP contribution in [0.4, 0.5) is 0 Å². The molecule has 0 saturated carbocycles. The number of carbonyl (C=O) groups excluding carboxylic acids is 3. The normalized spacial score (nSPS) is 28.7. The van der Waals surface area contributed by atoms with E-state index in [0.717, 1.165) is 5.57 Å². The maximum absolute atomic E-state index is 13.0. The molecule has 1 rings (SSSR count). The van der Waals surface area contributed by atoms with Crippen LogP contribution in [-0.2, 0) is 38.4 Å². The number of cyclic esters (lactones) is 1. The smallest absolute Gasteiger partial charge is 0.397 e.